The number of fused-ring (bicyclic) bond motifs is 1. The van der Waals surface area contributed by atoms with Crippen molar-refractivity contribution in [2.45, 2.75) is 37.4 Å². The smallest absolute Gasteiger partial charge is 0.101 e. The van der Waals surface area contributed by atoms with Crippen LogP contribution in [0.25, 0.3) is 10.1 Å². The summed E-state index contributed by atoms with van der Waals surface area (Å²) in [4.78, 5) is 0.998. The molecule has 1 aromatic carbocycles. The summed E-state index contributed by atoms with van der Waals surface area (Å²) in [6, 6.07) is 10.2. The molecule has 3 heteroatoms. The largest absolute Gasteiger partial charge is 0.393 e. The molecule has 0 bridgehead atoms. The second-order valence-electron chi connectivity index (χ2n) is 4.93. The third-order valence-corrected chi connectivity index (χ3v) is 4.89. The minimum atomic E-state index is -0.818. The maximum Gasteiger partial charge on any atom is 0.101 e. The van der Waals surface area contributed by atoms with Crippen molar-refractivity contribution >= 4 is 21.4 Å². The summed E-state index contributed by atoms with van der Waals surface area (Å²) in [5.74, 6) is 0. The fourth-order valence-corrected chi connectivity index (χ4v) is 3.85. The SMILES string of the molecule is O[C@H]1CCC[C@](O)(c2cc3ccccc3s2)C1. The van der Waals surface area contributed by atoms with Gasteiger partial charge in [-0.25, -0.2) is 0 Å². The summed E-state index contributed by atoms with van der Waals surface area (Å²) >= 11 is 1.64. The molecule has 1 saturated carbocycles. The number of benzene rings is 1. The first kappa shape index (κ1) is 11.2. The van der Waals surface area contributed by atoms with Crippen LogP contribution in [-0.4, -0.2) is 16.3 Å². The lowest BCUT2D eigenvalue weighted by Crippen LogP contribution is -2.34. The van der Waals surface area contributed by atoms with Crippen molar-refractivity contribution in [1.29, 1.82) is 0 Å². The van der Waals surface area contributed by atoms with Crippen LogP contribution < -0.4 is 0 Å². The zero-order chi connectivity index (χ0) is 11.9. The third kappa shape index (κ3) is 1.99. The van der Waals surface area contributed by atoms with E-state index in [2.05, 4.69) is 18.2 Å². The maximum absolute atomic E-state index is 10.7. The Kier molecular flexibility index (Phi) is 2.69. The second-order valence-corrected chi connectivity index (χ2v) is 6.01. The van der Waals surface area contributed by atoms with E-state index in [1.807, 2.05) is 12.1 Å². The molecule has 2 atom stereocenters. The van der Waals surface area contributed by atoms with Gasteiger partial charge in [0.25, 0.3) is 0 Å². The van der Waals surface area contributed by atoms with E-state index in [0.29, 0.717) is 6.42 Å². The van der Waals surface area contributed by atoms with Gasteiger partial charge in [-0.1, -0.05) is 18.2 Å². The minimum Gasteiger partial charge on any atom is -0.393 e. The fourth-order valence-electron chi connectivity index (χ4n) is 2.66. The molecule has 0 spiro atoms. The first-order valence-electron chi connectivity index (χ1n) is 6.07. The molecule has 2 nitrogen and oxygen atoms in total. The predicted octanol–water partition coefficient (Wildman–Crippen LogP) is 3.02. The Morgan fingerprint density at radius 2 is 2.12 bits per heavy atom. The Labute approximate surface area is 105 Å². The van der Waals surface area contributed by atoms with Crippen LogP contribution in [0, 0.1) is 0 Å². The molecule has 1 heterocycles. The van der Waals surface area contributed by atoms with E-state index in [4.69, 9.17) is 0 Å². The predicted molar refractivity (Wildman–Crippen MR) is 70.2 cm³/mol. The highest BCUT2D eigenvalue weighted by Crippen LogP contribution is 2.42. The highest BCUT2D eigenvalue weighted by atomic mass is 32.1. The molecular weight excluding hydrogens is 232 g/mol. The van der Waals surface area contributed by atoms with Crippen LogP contribution in [0.4, 0.5) is 0 Å². The maximum atomic E-state index is 10.7. The molecule has 1 fully saturated rings. The summed E-state index contributed by atoms with van der Waals surface area (Å²) in [5, 5.41) is 21.6. The third-order valence-electron chi connectivity index (χ3n) is 3.59. The topological polar surface area (TPSA) is 40.5 Å². The Morgan fingerprint density at radius 1 is 1.29 bits per heavy atom. The molecule has 0 unspecified atom stereocenters. The van der Waals surface area contributed by atoms with Crippen LogP contribution in [0.2, 0.25) is 0 Å². The Bertz CT molecular complexity index is 501. The number of rotatable bonds is 1. The quantitative estimate of drug-likeness (QED) is 0.814. The van der Waals surface area contributed by atoms with Crippen molar-refractivity contribution in [3.8, 4) is 0 Å². The van der Waals surface area contributed by atoms with Gasteiger partial charge in [-0.05, 0) is 36.8 Å². The molecule has 0 radical (unpaired) electrons. The fraction of sp³-hybridized carbons (Fsp3) is 0.429. The highest BCUT2D eigenvalue weighted by molar-refractivity contribution is 7.19. The number of hydrogen-bond donors (Lipinski definition) is 2. The summed E-state index contributed by atoms with van der Waals surface area (Å²) in [6.45, 7) is 0. The van der Waals surface area contributed by atoms with Gasteiger partial charge < -0.3 is 10.2 Å². The molecule has 17 heavy (non-hydrogen) atoms. The highest BCUT2D eigenvalue weighted by Gasteiger charge is 2.36. The van der Waals surface area contributed by atoms with Crippen LogP contribution in [-0.2, 0) is 5.60 Å². The summed E-state index contributed by atoms with van der Waals surface area (Å²) < 4.78 is 1.20. The molecule has 1 aliphatic carbocycles. The van der Waals surface area contributed by atoms with E-state index in [0.717, 1.165) is 24.1 Å². The molecule has 1 aliphatic rings. The summed E-state index contributed by atoms with van der Waals surface area (Å²) in [5.41, 5.74) is -0.818. The van der Waals surface area contributed by atoms with Crippen LogP contribution in [0.1, 0.15) is 30.6 Å². The average Bonchev–Trinajstić information content (AvgIpc) is 2.73. The van der Waals surface area contributed by atoms with E-state index < -0.39 is 5.60 Å². The van der Waals surface area contributed by atoms with Gasteiger partial charge in [-0.3, -0.25) is 0 Å². The zero-order valence-electron chi connectivity index (χ0n) is 9.60. The lowest BCUT2D eigenvalue weighted by atomic mass is 9.82. The number of hydrogen-bond acceptors (Lipinski definition) is 3. The van der Waals surface area contributed by atoms with Crippen molar-refractivity contribution < 1.29 is 10.2 Å². The van der Waals surface area contributed by atoms with Gasteiger partial charge in [0.15, 0.2) is 0 Å². The van der Waals surface area contributed by atoms with Gasteiger partial charge in [0.1, 0.15) is 5.60 Å². The molecule has 0 aliphatic heterocycles. The van der Waals surface area contributed by atoms with Crippen LogP contribution >= 0.6 is 11.3 Å². The normalized spacial score (nSPS) is 29.6. The molecule has 2 N–H and O–H groups in total. The van der Waals surface area contributed by atoms with Gasteiger partial charge in [0.2, 0.25) is 0 Å². The Balaban J connectivity index is 2.02. The standard InChI is InChI=1S/C14H16O2S/c15-11-5-3-7-14(16,9-11)13-8-10-4-1-2-6-12(10)17-13/h1-2,4,6,8,11,15-16H,3,5,7,9H2/t11-,14+/m0/s1. The molecule has 3 rings (SSSR count). The number of aliphatic hydroxyl groups is 2. The second kappa shape index (κ2) is 4.09. The van der Waals surface area contributed by atoms with Crippen LogP contribution in [0.15, 0.2) is 30.3 Å². The summed E-state index contributed by atoms with van der Waals surface area (Å²) in [7, 11) is 0. The Hall–Kier alpha value is -0.900. The number of thiophene rings is 1. The van der Waals surface area contributed by atoms with Gasteiger partial charge in [0, 0.05) is 16.0 Å². The Morgan fingerprint density at radius 3 is 2.88 bits per heavy atom. The lowest BCUT2D eigenvalue weighted by molar-refractivity contribution is -0.0472. The zero-order valence-corrected chi connectivity index (χ0v) is 10.4. The van der Waals surface area contributed by atoms with Crippen LogP contribution in [0.3, 0.4) is 0 Å². The van der Waals surface area contributed by atoms with Gasteiger partial charge >= 0.3 is 0 Å². The van der Waals surface area contributed by atoms with Gasteiger partial charge in [-0.2, -0.15) is 0 Å². The van der Waals surface area contributed by atoms with Crippen molar-refractivity contribution in [3.05, 3.63) is 35.2 Å². The monoisotopic (exact) mass is 248 g/mol. The van der Waals surface area contributed by atoms with Gasteiger partial charge in [0.05, 0.1) is 6.10 Å². The van der Waals surface area contributed by atoms with Crippen molar-refractivity contribution in [2.24, 2.45) is 0 Å². The van der Waals surface area contributed by atoms with E-state index >= 15 is 0 Å². The first-order chi connectivity index (χ1) is 8.17. The lowest BCUT2D eigenvalue weighted by Gasteiger charge is -2.33. The average molecular weight is 248 g/mol. The van der Waals surface area contributed by atoms with Crippen molar-refractivity contribution in [2.75, 3.05) is 0 Å². The first-order valence-corrected chi connectivity index (χ1v) is 6.88. The van der Waals surface area contributed by atoms with Crippen LogP contribution in [0.5, 0.6) is 0 Å². The van der Waals surface area contributed by atoms with Crippen molar-refractivity contribution in [3.63, 3.8) is 0 Å². The summed E-state index contributed by atoms with van der Waals surface area (Å²) in [6.07, 6.45) is 2.58. The molecule has 0 amide bonds. The molecule has 0 saturated heterocycles. The van der Waals surface area contributed by atoms with Gasteiger partial charge in [-0.15, -0.1) is 11.3 Å². The molecule has 1 aromatic heterocycles. The molecular formula is C14H16O2S. The van der Waals surface area contributed by atoms with E-state index in [-0.39, 0.29) is 6.10 Å². The molecule has 90 valence electrons. The van der Waals surface area contributed by atoms with E-state index in [9.17, 15) is 10.2 Å². The molecule has 2 aromatic rings. The van der Waals surface area contributed by atoms with Crippen molar-refractivity contribution in [1.82, 2.24) is 0 Å². The number of aliphatic hydroxyl groups excluding tert-OH is 1. The van der Waals surface area contributed by atoms with E-state index in [1.54, 1.807) is 11.3 Å². The van der Waals surface area contributed by atoms with E-state index in [1.165, 1.54) is 10.1 Å². The minimum absolute atomic E-state index is 0.362.